The van der Waals surface area contributed by atoms with Crippen LogP contribution in [-0.2, 0) is 10.5 Å². The van der Waals surface area contributed by atoms with Crippen molar-refractivity contribution in [3.8, 4) is 11.3 Å². The summed E-state index contributed by atoms with van der Waals surface area (Å²) in [4.78, 5) is 33.6. The van der Waals surface area contributed by atoms with Crippen molar-refractivity contribution < 1.29 is 14.1 Å². The number of benzene rings is 2. The van der Waals surface area contributed by atoms with E-state index >= 15 is 0 Å². The average molecular weight is 466 g/mol. The maximum absolute atomic E-state index is 12.9. The number of carbonyl (C=O) groups is 2. The molecule has 2 heterocycles. The molecule has 0 saturated heterocycles. The normalized spacial score (nSPS) is 10.7. The molecule has 2 N–H and O–H groups in total. The first-order valence-corrected chi connectivity index (χ1v) is 11.5. The van der Waals surface area contributed by atoms with E-state index < -0.39 is 0 Å². The summed E-state index contributed by atoms with van der Waals surface area (Å²) in [6.07, 6.45) is 0. The monoisotopic (exact) mass is 465 g/mol. The zero-order valence-corrected chi connectivity index (χ0v) is 18.9. The highest BCUT2D eigenvalue weighted by atomic mass is 32.2. The highest BCUT2D eigenvalue weighted by Gasteiger charge is 2.15. The minimum absolute atomic E-state index is 0.123. The predicted octanol–water partition coefficient (Wildman–Crippen LogP) is 5.00. The fourth-order valence-corrected chi connectivity index (χ4v) is 4.48. The van der Waals surface area contributed by atoms with Crippen molar-refractivity contribution in [2.45, 2.75) is 24.5 Å². The first-order chi connectivity index (χ1) is 15.5. The van der Waals surface area contributed by atoms with Gasteiger partial charge in [-0.25, -0.2) is 4.98 Å². The number of rotatable bonds is 7. The fourth-order valence-electron chi connectivity index (χ4n) is 2.87. The molecule has 0 spiro atoms. The highest BCUT2D eigenvalue weighted by Crippen LogP contribution is 2.29. The molecule has 2 aromatic heterocycles. The molecule has 162 valence electrons. The molecule has 0 radical (unpaired) electrons. The predicted molar refractivity (Wildman–Crippen MR) is 125 cm³/mol. The van der Waals surface area contributed by atoms with Gasteiger partial charge in [0.15, 0.2) is 11.0 Å². The average Bonchev–Trinajstić information content (AvgIpc) is 3.41. The molecule has 0 saturated carbocycles. The summed E-state index contributed by atoms with van der Waals surface area (Å²) in [7, 11) is 0. The smallest absolute Gasteiger partial charge is 0.258 e. The van der Waals surface area contributed by atoms with Gasteiger partial charge in [0, 0.05) is 28.5 Å². The number of aromatic nitrogens is 3. The van der Waals surface area contributed by atoms with E-state index in [9.17, 15) is 9.59 Å². The number of thioether (sulfide) groups is 1. The van der Waals surface area contributed by atoms with E-state index in [1.807, 2.05) is 47.8 Å². The van der Waals surface area contributed by atoms with Crippen LogP contribution in [0.2, 0.25) is 0 Å². The summed E-state index contributed by atoms with van der Waals surface area (Å²) in [6, 6.07) is 14.7. The lowest BCUT2D eigenvalue weighted by atomic mass is 10.1. The number of nitrogens with one attached hydrogen (secondary N) is 2. The molecule has 0 unspecified atom stereocenters. The lowest BCUT2D eigenvalue weighted by molar-refractivity contribution is -0.114. The topological polar surface area (TPSA) is 110 Å². The Morgan fingerprint density at radius 2 is 1.84 bits per heavy atom. The summed E-state index contributed by atoms with van der Waals surface area (Å²) in [5.74, 6) is 1.20. The Hall–Kier alpha value is -3.50. The van der Waals surface area contributed by atoms with E-state index in [-0.39, 0.29) is 11.8 Å². The lowest BCUT2D eigenvalue weighted by Crippen LogP contribution is -2.12. The number of hydrogen-bond donors (Lipinski definition) is 2. The number of hydrogen-bond acceptors (Lipinski definition) is 8. The van der Waals surface area contributed by atoms with E-state index in [0.29, 0.717) is 28.2 Å². The van der Waals surface area contributed by atoms with Crippen LogP contribution in [0.15, 0.2) is 63.3 Å². The molecule has 4 aromatic rings. The first-order valence-electron chi connectivity index (χ1n) is 9.64. The number of nitrogens with zero attached hydrogens (tertiary/aromatic N) is 3. The van der Waals surface area contributed by atoms with Crippen molar-refractivity contribution >= 4 is 45.7 Å². The van der Waals surface area contributed by atoms with Crippen LogP contribution in [0.1, 0.15) is 29.0 Å². The van der Waals surface area contributed by atoms with Gasteiger partial charge >= 0.3 is 0 Å². The SMILES string of the molecule is CC(=O)Nc1ccc(-c2csc(NC(=O)c3ccccc3SCc3nc(C)no3)n2)cc1. The first kappa shape index (κ1) is 21.7. The second-order valence-electron chi connectivity index (χ2n) is 6.77. The van der Waals surface area contributed by atoms with Gasteiger partial charge in [-0.05, 0) is 31.2 Å². The Balaban J connectivity index is 1.43. The molecule has 0 fully saturated rings. The van der Waals surface area contributed by atoms with Gasteiger partial charge < -0.3 is 9.84 Å². The van der Waals surface area contributed by atoms with Gasteiger partial charge in [-0.2, -0.15) is 4.98 Å². The van der Waals surface area contributed by atoms with Gasteiger partial charge in [0.1, 0.15) is 0 Å². The number of anilines is 2. The number of aryl methyl sites for hydroxylation is 1. The molecule has 10 heteroatoms. The van der Waals surface area contributed by atoms with Crippen LogP contribution in [0.5, 0.6) is 0 Å². The molecule has 32 heavy (non-hydrogen) atoms. The molecular weight excluding hydrogens is 446 g/mol. The Morgan fingerprint density at radius 1 is 1.06 bits per heavy atom. The van der Waals surface area contributed by atoms with Crippen molar-refractivity contribution in [2.24, 2.45) is 0 Å². The second-order valence-corrected chi connectivity index (χ2v) is 8.65. The van der Waals surface area contributed by atoms with Gasteiger partial charge in [0.2, 0.25) is 11.8 Å². The summed E-state index contributed by atoms with van der Waals surface area (Å²) in [6.45, 7) is 3.23. The van der Waals surface area contributed by atoms with Crippen molar-refractivity contribution in [1.29, 1.82) is 0 Å². The third-order valence-corrected chi connectivity index (χ3v) is 6.09. The Kier molecular flexibility index (Phi) is 6.62. The Labute approximate surface area is 192 Å². The third-order valence-electron chi connectivity index (χ3n) is 4.28. The van der Waals surface area contributed by atoms with E-state index in [0.717, 1.165) is 21.8 Å². The lowest BCUT2D eigenvalue weighted by Gasteiger charge is -2.07. The zero-order valence-electron chi connectivity index (χ0n) is 17.3. The Morgan fingerprint density at radius 3 is 2.56 bits per heavy atom. The summed E-state index contributed by atoms with van der Waals surface area (Å²) < 4.78 is 5.14. The highest BCUT2D eigenvalue weighted by molar-refractivity contribution is 7.98. The maximum atomic E-state index is 12.9. The van der Waals surface area contributed by atoms with Crippen LogP contribution < -0.4 is 10.6 Å². The minimum Gasteiger partial charge on any atom is -0.338 e. The van der Waals surface area contributed by atoms with Gasteiger partial charge in [-0.1, -0.05) is 29.4 Å². The van der Waals surface area contributed by atoms with E-state index in [1.54, 1.807) is 13.0 Å². The molecule has 0 bridgehead atoms. The quantitative estimate of drug-likeness (QED) is 0.369. The minimum atomic E-state index is -0.239. The van der Waals surface area contributed by atoms with Gasteiger partial charge in [0.25, 0.3) is 5.91 Å². The van der Waals surface area contributed by atoms with Crippen LogP contribution in [-0.4, -0.2) is 26.9 Å². The van der Waals surface area contributed by atoms with Crippen molar-refractivity contribution in [1.82, 2.24) is 15.1 Å². The number of thiazole rings is 1. The van der Waals surface area contributed by atoms with Crippen LogP contribution in [0, 0.1) is 6.92 Å². The van der Waals surface area contributed by atoms with Crippen molar-refractivity contribution in [3.05, 3.63) is 71.2 Å². The van der Waals surface area contributed by atoms with Crippen LogP contribution >= 0.6 is 23.1 Å². The Bertz CT molecular complexity index is 1250. The number of amides is 2. The summed E-state index contributed by atoms with van der Waals surface area (Å²) >= 11 is 2.80. The molecule has 0 aliphatic heterocycles. The van der Waals surface area contributed by atoms with Crippen LogP contribution in [0.25, 0.3) is 11.3 Å². The summed E-state index contributed by atoms with van der Waals surface area (Å²) in [5, 5.41) is 11.8. The van der Waals surface area contributed by atoms with Gasteiger partial charge in [-0.15, -0.1) is 23.1 Å². The van der Waals surface area contributed by atoms with E-state index in [1.165, 1.54) is 30.0 Å². The molecule has 4 rings (SSSR count). The van der Waals surface area contributed by atoms with Gasteiger partial charge in [0.05, 0.1) is 17.0 Å². The molecule has 0 atom stereocenters. The molecule has 8 nitrogen and oxygen atoms in total. The van der Waals surface area contributed by atoms with Crippen LogP contribution in [0.4, 0.5) is 10.8 Å². The van der Waals surface area contributed by atoms with E-state index in [2.05, 4.69) is 25.8 Å². The second kappa shape index (κ2) is 9.75. The van der Waals surface area contributed by atoms with Crippen LogP contribution in [0.3, 0.4) is 0 Å². The van der Waals surface area contributed by atoms with Crippen molar-refractivity contribution in [3.63, 3.8) is 0 Å². The molecule has 2 aromatic carbocycles. The van der Waals surface area contributed by atoms with Gasteiger partial charge in [-0.3, -0.25) is 14.9 Å². The largest absolute Gasteiger partial charge is 0.338 e. The summed E-state index contributed by atoms with van der Waals surface area (Å²) in [5.41, 5.74) is 2.90. The molecular formula is C22H19N5O3S2. The molecule has 0 aliphatic carbocycles. The van der Waals surface area contributed by atoms with E-state index in [4.69, 9.17) is 4.52 Å². The van der Waals surface area contributed by atoms with Crippen molar-refractivity contribution in [2.75, 3.05) is 10.6 Å². The molecule has 2 amide bonds. The third kappa shape index (κ3) is 5.40. The fraction of sp³-hybridized carbons (Fsp3) is 0.136. The number of carbonyl (C=O) groups excluding carboxylic acids is 2. The maximum Gasteiger partial charge on any atom is 0.258 e. The molecule has 0 aliphatic rings. The standard InChI is InChI=1S/C22H19N5O3S2/c1-13-23-20(30-27-13)12-31-19-6-4-3-5-17(19)21(29)26-22-25-18(11-32-22)15-7-9-16(10-8-15)24-14(2)28/h3-11H,12H2,1-2H3,(H,24,28)(H,25,26,29). The zero-order chi connectivity index (χ0) is 22.5.